The monoisotopic (exact) mass is 195 g/mol. The van der Waals surface area contributed by atoms with Crippen molar-refractivity contribution < 1.29 is 9.13 Å². The summed E-state index contributed by atoms with van der Waals surface area (Å²) in [6.07, 6.45) is 2.02. The predicted molar refractivity (Wildman–Crippen MR) is 54.9 cm³/mol. The van der Waals surface area contributed by atoms with E-state index in [1.807, 2.05) is 24.3 Å². The van der Waals surface area contributed by atoms with Gasteiger partial charge >= 0.3 is 0 Å². The van der Waals surface area contributed by atoms with Crippen LogP contribution in [0.3, 0.4) is 0 Å². The molecule has 0 saturated carbocycles. The maximum absolute atomic E-state index is 12.7. The van der Waals surface area contributed by atoms with E-state index in [1.165, 1.54) is 6.08 Å². The molecule has 2 nitrogen and oxygen atoms in total. The molecule has 0 bridgehead atoms. The molecule has 0 unspecified atom stereocenters. The molecule has 0 heterocycles. The van der Waals surface area contributed by atoms with Crippen LogP contribution in [-0.4, -0.2) is 13.7 Å². The molecule has 0 aromatic heterocycles. The quantitative estimate of drug-likeness (QED) is 0.798. The van der Waals surface area contributed by atoms with Gasteiger partial charge < -0.3 is 10.5 Å². The third kappa shape index (κ3) is 3.18. The summed E-state index contributed by atoms with van der Waals surface area (Å²) in [6, 6.07) is 7.53. The molecule has 1 aromatic carbocycles. The zero-order valence-electron chi connectivity index (χ0n) is 8.16. The molecule has 3 heteroatoms. The van der Waals surface area contributed by atoms with Gasteiger partial charge in [-0.15, -0.1) is 0 Å². The Kier molecular flexibility index (Phi) is 4.13. The van der Waals surface area contributed by atoms with Crippen LogP contribution < -0.4 is 10.5 Å². The minimum absolute atomic E-state index is 0.0377. The van der Waals surface area contributed by atoms with Gasteiger partial charge in [0.25, 0.3) is 0 Å². The van der Waals surface area contributed by atoms with Gasteiger partial charge in [0.15, 0.2) is 0 Å². The van der Waals surface area contributed by atoms with Crippen molar-refractivity contribution in [3.8, 4) is 5.75 Å². The molecule has 0 atom stereocenters. The second-order valence-corrected chi connectivity index (χ2v) is 2.91. The van der Waals surface area contributed by atoms with E-state index in [1.54, 1.807) is 7.11 Å². The number of nitrogens with two attached hydrogens (primary N) is 1. The lowest BCUT2D eigenvalue weighted by Gasteiger charge is -2.01. The van der Waals surface area contributed by atoms with Gasteiger partial charge in [-0.2, -0.15) is 0 Å². The first-order valence-electron chi connectivity index (χ1n) is 4.44. The minimum atomic E-state index is -0.284. The Morgan fingerprint density at radius 1 is 1.57 bits per heavy atom. The van der Waals surface area contributed by atoms with Gasteiger partial charge in [-0.3, -0.25) is 0 Å². The summed E-state index contributed by atoms with van der Waals surface area (Å²) in [4.78, 5) is 0. The highest BCUT2D eigenvalue weighted by atomic mass is 19.1. The largest absolute Gasteiger partial charge is 0.497 e. The van der Waals surface area contributed by atoms with Crippen LogP contribution in [0.1, 0.15) is 5.56 Å². The third-order valence-corrected chi connectivity index (χ3v) is 1.89. The molecule has 1 aromatic rings. The van der Waals surface area contributed by atoms with Crippen molar-refractivity contribution in [1.29, 1.82) is 0 Å². The van der Waals surface area contributed by atoms with Crippen LogP contribution in [0.15, 0.2) is 36.2 Å². The van der Waals surface area contributed by atoms with Gasteiger partial charge in [-0.1, -0.05) is 12.1 Å². The Bertz CT molecular complexity index is 323. The smallest absolute Gasteiger partial charge is 0.119 e. The van der Waals surface area contributed by atoms with Crippen LogP contribution in [-0.2, 0) is 6.42 Å². The molecule has 14 heavy (non-hydrogen) atoms. The molecular formula is C11H14FNO. The van der Waals surface area contributed by atoms with Gasteiger partial charge in [-0.05, 0) is 30.2 Å². The molecule has 76 valence electrons. The van der Waals surface area contributed by atoms with Crippen LogP contribution in [0.25, 0.3) is 0 Å². The summed E-state index contributed by atoms with van der Waals surface area (Å²) in [5.41, 5.74) is 6.13. The van der Waals surface area contributed by atoms with E-state index in [4.69, 9.17) is 10.5 Å². The van der Waals surface area contributed by atoms with Crippen molar-refractivity contribution in [3.63, 3.8) is 0 Å². The third-order valence-electron chi connectivity index (χ3n) is 1.89. The Hall–Kier alpha value is -1.35. The number of hydrogen-bond acceptors (Lipinski definition) is 2. The van der Waals surface area contributed by atoms with Gasteiger partial charge in [0.1, 0.15) is 11.6 Å². The normalized spacial score (nSPS) is 11.5. The molecule has 0 amide bonds. The molecule has 0 aliphatic rings. The van der Waals surface area contributed by atoms with Crippen LogP contribution in [0.4, 0.5) is 4.39 Å². The van der Waals surface area contributed by atoms with Crippen molar-refractivity contribution in [2.75, 3.05) is 13.7 Å². The Morgan fingerprint density at radius 3 is 3.00 bits per heavy atom. The second-order valence-electron chi connectivity index (χ2n) is 2.91. The average molecular weight is 195 g/mol. The summed E-state index contributed by atoms with van der Waals surface area (Å²) in [6.45, 7) is -0.0377. The lowest BCUT2D eigenvalue weighted by Crippen LogP contribution is -1.99. The Morgan fingerprint density at radius 2 is 2.36 bits per heavy atom. The molecule has 0 aliphatic carbocycles. The lowest BCUT2D eigenvalue weighted by atomic mass is 10.1. The Balaban J connectivity index is 2.67. The number of rotatable bonds is 4. The summed E-state index contributed by atoms with van der Waals surface area (Å²) >= 11 is 0. The number of benzene rings is 1. The SMILES string of the molecule is COc1cccc(C/C=C(/F)CN)c1. The number of allylic oxidation sites excluding steroid dienone is 1. The van der Waals surface area contributed by atoms with Crippen molar-refractivity contribution in [3.05, 3.63) is 41.7 Å². The van der Waals surface area contributed by atoms with E-state index in [0.29, 0.717) is 6.42 Å². The number of methoxy groups -OCH3 is 1. The molecule has 2 N–H and O–H groups in total. The molecular weight excluding hydrogens is 181 g/mol. The summed E-state index contributed by atoms with van der Waals surface area (Å²) in [7, 11) is 1.61. The van der Waals surface area contributed by atoms with Gasteiger partial charge in [0, 0.05) is 6.54 Å². The number of ether oxygens (including phenoxy) is 1. The van der Waals surface area contributed by atoms with Crippen molar-refractivity contribution in [1.82, 2.24) is 0 Å². The van der Waals surface area contributed by atoms with E-state index in [9.17, 15) is 4.39 Å². The van der Waals surface area contributed by atoms with Crippen molar-refractivity contribution in [2.45, 2.75) is 6.42 Å². The molecule has 0 radical (unpaired) electrons. The van der Waals surface area contributed by atoms with Crippen molar-refractivity contribution >= 4 is 0 Å². The maximum Gasteiger partial charge on any atom is 0.119 e. The molecule has 1 rings (SSSR count). The molecule has 0 aliphatic heterocycles. The lowest BCUT2D eigenvalue weighted by molar-refractivity contribution is 0.414. The standard InChI is InChI=1S/C11H14FNO/c1-14-11-4-2-3-9(7-11)5-6-10(12)8-13/h2-4,6-7H,5,8,13H2,1H3/b10-6+. The van der Waals surface area contributed by atoms with Gasteiger partial charge in [0.2, 0.25) is 0 Å². The van der Waals surface area contributed by atoms with E-state index in [0.717, 1.165) is 11.3 Å². The first-order chi connectivity index (χ1) is 6.76. The van der Waals surface area contributed by atoms with Crippen LogP contribution in [0.5, 0.6) is 5.75 Å². The fourth-order valence-electron chi connectivity index (χ4n) is 1.11. The predicted octanol–water partition coefficient (Wildman–Crippen LogP) is 2.05. The summed E-state index contributed by atoms with van der Waals surface area (Å²) < 4.78 is 17.8. The highest BCUT2D eigenvalue weighted by Gasteiger charge is 1.95. The van der Waals surface area contributed by atoms with E-state index in [2.05, 4.69) is 0 Å². The fraction of sp³-hybridized carbons (Fsp3) is 0.273. The van der Waals surface area contributed by atoms with Crippen LogP contribution in [0.2, 0.25) is 0 Å². The van der Waals surface area contributed by atoms with E-state index >= 15 is 0 Å². The van der Waals surface area contributed by atoms with Crippen LogP contribution in [0, 0.1) is 0 Å². The first kappa shape index (κ1) is 10.7. The van der Waals surface area contributed by atoms with Gasteiger partial charge in [-0.25, -0.2) is 4.39 Å². The maximum atomic E-state index is 12.7. The van der Waals surface area contributed by atoms with Crippen molar-refractivity contribution in [2.24, 2.45) is 5.73 Å². The average Bonchev–Trinajstić information content (AvgIpc) is 2.26. The number of hydrogen-bond donors (Lipinski definition) is 1. The Labute approximate surface area is 83.2 Å². The van der Waals surface area contributed by atoms with Gasteiger partial charge in [0.05, 0.1) is 7.11 Å². The summed E-state index contributed by atoms with van der Waals surface area (Å²) in [5.74, 6) is 0.497. The highest BCUT2D eigenvalue weighted by Crippen LogP contribution is 2.13. The topological polar surface area (TPSA) is 35.2 Å². The molecule has 0 fully saturated rings. The molecule has 0 saturated heterocycles. The fourth-order valence-corrected chi connectivity index (χ4v) is 1.11. The molecule has 0 spiro atoms. The highest BCUT2D eigenvalue weighted by molar-refractivity contribution is 5.29. The zero-order valence-corrected chi connectivity index (χ0v) is 8.16. The minimum Gasteiger partial charge on any atom is -0.497 e. The summed E-state index contributed by atoms with van der Waals surface area (Å²) in [5, 5.41) is 0. The first-order valence-corrected chi connectivity index (χ1v) is 4.44. The second kappa shape index (κ2) is 5.40. The number of halogens is 1. The zero-order chi connectivity index (χ0) is 10.4. The van der Waals surface area contributed by atoms with Crippen LogP contribution >= 0.6 is 0 Å². The van der Waals surface area contributed by atoms with E-state index < -0.39 is 0 Å². The van der Waals surface area contributed by atoms with E-state index in [-0.39, 0.29) is 12.4 Å².